The smallest absolute Gasteiger partial charge is 0.253 e. The van der Waals surface area contributed by atoms with Gasteiger partial charge in [0.05, 0.1) is 6.61 Å². The summed E-state index contributed by atoms with van der Waals surface area (Å²) < 4.78 is 5.17. The summed E-state index contributed by atoms with van der Waals surface area (Å²) in [6.45, 7) is 3.80. The molecule has 0 N–H and O–H groups in total. The van der Waals surface area contributed by atoms with Gasteiger partial charge in [-0.1, -0.05) is 0 Å². The Morgan fingerprint density at radius 2 is 1.96 bits per heavy atom. The van der Waals surface area contributed by atoms with E-state index >= 15 is 0 Å². The third-order valence-corrected chi connectivity index (χ3v) is 5.00. The van der Waals surface area contributed by atoms with E-state index in [1.807, 2.05) is 9.80 Å². The number of likely N-dealkylation sites (tertiary alicyclic amines) is 2. The number of hydrogen-bond acceptors (Lipinski definition) is 4. The first-order valence-electron chi connectivity index (χ1n) is 8.63. The topological polar surface area (TPSA) is 62.7 Å². The molecule has 1 atom stereocenters. The summed E-state index contributed by atoms with van der Waals surface area (Å²) in [5.74, 6) is 1.13. The van der Waals surface area contributed by atoms with Crippen LogP contribution in [0.3, 0.4) is 0 Å². The lowest BCUT2D eigenvalue weighted by Gasteiger charge is -2.34. The number of pyridine rings is 1. The maximum atomic E-state index is 12.4. The summed E-state index contributed by atoms with van der Waals surface area (Å²) >= 11 is 0. The average Bonchev–Trinajstić information content (AvgIpc) is 2.95. The second kappa shape index (κ2) is 7.75. The molecule has 0 aromatic carbocycles. The molecule has 6 heteroatoms. The molecule has 2 aliphatic heterocycles. The van der Waals surface area contributed by atoms with Crippen molar-refractivity contribution in [3.05, 3.63) is 30.1 Å². The molecule has 0 spiro atoms. The lowest BCUT2D eigenvalue weighted by atomic mass is 9.95. The number of nitrogens with zero attached hydrogens (tertiary/aromatic N) is 3. The minimum atomic E-state index is 0.0771. The molecule has 24 heavy (non-hydrogen) atoms. The Morgan fingerprint density at radius 1 is 1.25 bits per heavy atom. The second-order valence-electron chi connectivity index (χ2n) is 6.80. The zero-order valence-electron chi connectivity index (χ0n) is 14.2. The van der Waals surface area contributed by atoms with E-state index in [-0.39, 0.29) is 11.8 Å². The highest BCUT2D eigenvalue weighted by molar-refractivity contribution is 5.94. The molecule has 130 valence electrons. The van der Waals surface area contributed by atoms with Crippen LogP contribution in [0.4, 0.5) is 0 Å². The summed E-state index contributed by atoms with van der Waals surface area (Å²) in [6, 6.07) is 3.51. The van der Waals surface area contributed by atoms with Crippen molar-refractivity contribution in [2.24, 2.45) is 11.8 Å². The molecule has 3 heterocycles. The van der Waals surface area contributed by atoms with Crippen LogP contribution < -0.4 is 0 Å². The zero-order chi connectivity index (χ0) is 16.9. The first kappa shape index (κ1) is 16.9. The summed E-state index contributed by atoms with van der Waals surface area (Å²) in [4.78, 5) is 32.4. The number of aromatic nitrogens is 1. The molecule has 0 radical (unpaired) electrons. The Kier molecular flexibility index (Phi) is 5.45. The molecular weight excluding hydrogens is 306 g/mol. The lowest BCUT2D eigenvalue weighted by molar-refractivity contribution is -0.128. The minimum Gasteiger partial charge on any atom is -0.384 e. The number of hydrogen-bond donors (Lipinski definition) is 0. The molecule has 2 saturated heterocycles. The Labute approximate surface area is 142 Å². The molecule has 0 aliphatic carbocycles. The number of carbonyl (C=O) groups excluding carboxylic acids is 2. The van der Waals surface area contributed by atoms with E-state index in [1.54, 1.807) is 31.6 Å². The molecule has 1 aromatic rings. The van der Waals surface area contributed by atoms with Crippen LogP contribution in [0.5, 0.6) is 0 Å². The van der Waals surface area contributed by atoms with Crippen LogP contribution in [-0.4, -0.2) is 66.5 Å². The van der Waals surface area contributed by atoms with E-state index in [2.05, 4.69) is 4.98 Å². The number of rotatable bonds is 5. The van der Waals surface area contributed by atoms with E-state index in [0.29, 0.717) is 30.4 Å². The van der Waals surface area contributed by atoms with Gasteiger partial charge in [0, 0.05) is 63.6 Å². The highest BCUT2D eigenvalue weighted by Gasteiger charge is 2.32. The summed E-state index contributed by atoms with van der Waals surface area (Å²) in [6.07, 6.45) is 5.81. The fraction of sp³-hybridized carbons (Fsp3) is 0.611. The second-order valence-corrected chi connectivity index (χ2v) is 6.80. The number of ether oxygens (including phenoxy) is 1. The Hall–Kier alpha value is -1.95. The standard InChI is InChI=1S/C18H25N3O3/c1-24-13-15-10-17(22)21(12-15)11-14-4-8-20(9-5-14)18(23)16-2-6-19-7-3-16/h2-3,6-7,14-15H,4-5,8-13H2,1H3. The van der Waals surface area contributed by atoms with Crippen molar-refractivity contribution in [1.29, 1.82) is 0 Å². The average molecular weight is 331 g/mol. The van der Waals surface area contributed by atoms with Crippen molar-refractivity contribution in [2.45, 2.75) is 19.3 Å². The molecule has 3 rings (SSSR count). The van der Waals surface area contributed by atoms with Crippen LogP contribution in [0.2, 0.25) is 0 Å². The van der Waals surface area contributed by atoms with Gasteiger partial charge in [-0.15, -0.1) is 0 Å². The number of methoxy groups -OCH3 is 1. The largest absolute Gasteiger partial charge is 0.384 e. The van der Waals surface area contributed by atoms with E-state index in [9.17, 15) is 9.59 Å². The predicted octanol–water partition coefficient (Wildman–Crippen LogP) is 1.43. The van der Waals surface area contributed by atoms with Gasteiger partial charge in [-0.05, 0) is 30.9 Å². The third-order valence-electron chi connectivity index (χ3n) is 5.00. The van der Waals surface area contributed by atoms with Crippen molar-refractivity contribution in [2.75, 3.05) is 39.9 Å². The first-order valence-corrected chi connectivity index (χ1v) is 8.63. The predicted molar refractivity (Wildman–Crippen MR) is 89.4 cm³/mol. The molecule has 6 nitrogen and oxygen atoms in total. The van der Waals surface area contributed by atoms with Crippen LogP contribution in [-0.2, 0) is 9.53 Å². The van der Waals surface area contributed by atoms with Gasteiger partial charge < -0.3 is 14.5 Å². The highest BCUT2D eigenvalue weighted by atomic mass is 16.5. The van der Waals surface area contributed by atoms with Crippen molar-refractivity contribution < 1.29 is 14.3 Å². The van der Waals surface area contributed by atoms with Gasteiger partial charge in [0.25, 0.3) is 5.91 Å². The number of piperidine rings is 1. The van der Waals surface area contributed by atoms with Gasteiger partial charge in [0.1, 0.15) is 0 Å². The maximum absolute atomic E-state index is 12.4. The molecule has 2 aliphatic rings. The van der Waals surface area contributed by atoms with Crippen molar-refractivity contribution in [3.8, 4) is 0 Å². The van der Waals surface area contributed by atoms with E-state index < -0.39 is 0 Å². The minimum absolute atomic E-state index is 0.0771. The monoisotopic (exact) mass is 331 g/mol. The van der Waals surface area contributed by atoms with E-state index in [1.165, 1.54) is 0 Å². The third kappa shape index (κ3) is 3.93. The maximum Gasteiger partial charge on any atom is 0.253 e. The van der Waals surface area contributed by atoms with Crippen LogP contribution >= 0.6 is 0 Å². The summed E-state index contributed by atoms with van der Waals surface area (Å²) in [5, 5.41) is 0. The van der Waals surface area contributed by atoms with Crippen LogP contribution in [0.25, 0.3) is 0 Å². The summed E-state index contributed by atoms with van der Waals surface area (Å²) in [7, 11) is 1.68. The fourth-order valence-electron chi connectivity index (χ4n) is 3.69. The van der Waals surface area contributed by atoms with Crippen molar-refractivity contribution in [3.63, 3.8) is 0 Å². The molecular formula is C18H25N3O3. The van der Waals surface area contributed by atoms with Gasteiger partial charge >= 0.3 is 0 Å². The normalized spacial score (nSPS) is 22.2. The lowest BCUT2D eigenvalue weighted by Crippen LogP contribution is -2.42. The van der Waals surface area contributed by atoms with Crippen molar-refractivity contribution >= 4 is 11.8 Å². The SMILES string of the molecule is COCC1CC(=O)N(CC2CCN(C(=O)c3ccncc3)CC2)C1. The Morgan fingerprint density at radius 3 is 2.62 bits per heavy atom. The molecule has 0 bridgehead atoms. The first-order chi connectivity index (χ1) is 11.7. The zero-order valence-corrected chi connectivity index (χ0v) is 14.2. The molecule has 0 saturated carbocycles. The molecule has 1 aromatic heterocycles. The van der Waals surface area contributed by atoms with Gasteiger partial charge in [-0.25, -0.2) is 0 Å². The van der Waals surface area contributed by atoms with E-state index in [4.69, 9.17) is 4.74 Å². The number of carbonyl (C=O) groups is 2. The Bertz CT molecular complexity index is 570. The van der Waals surface area contributed by atoms with E-state index in [0.717, 1.165) is 39.0 Å². The van der Waals surface area contributed by atoms with Crippen LogP contribution in [0.1, 0.15) is 29.6 Å². The summed E-state index contributed by atoms with van der Waals surface area (Å²) in [5.41, 5.74) is 0.695. The quantitative estimate of drug-likeness (QED) is 0.819. The van der Waals surface area contributed by atoms with Crippen LogP contribution in [0, 0.1) is 11.8 Å². The fourth-order valence-corrected chi connectivity index (χ4v) is 3.69. The highest BCUT2D eigenvalue weighted by Crippen LogP contribution is 2.24. The Balaban J connectivity index is 1.47. The number of amides is 2. The van der Waals surface area contributed by atoms with Gasteiger partial charge in [0.15, 0.2) is 0 Å². The van der Waals surface area contributed by atoms with Crippen molar-refractivity contribution in [1.82, 2.24) is 14.8 Å². The molecule has 2 amide bonds. The van der Waals surface area contributed by atoms with Gasteiger partial charge in [0.2, 0.25) is 5.91 Å². The van der Waals surface area contributed by atoms with Crippen LogP contribution in [0.15, 0.2) is 24.5 Å². The van der Waals surface area contributed by atoms with Gasteiger partial charge in [-0.2, -0.15) is 0 Å². The van der Waals surface area contributed by atoms with Gasteiger partial charge in [-0.3, -0.25) is 14.6 Å². The molecule has 2 fully saturated rings. The molecule has 1 unspecified atom stereocenters.